The molecule has 0 spiro atoms. The standard InChI is InChI=1S/C31H30Cl2F2N2O6S/c1-2-23(17-36-44(41,42)31(12-13-31)24-11-10-22(34)15-25(24)35)37-28(18-6-8-20(32)9-7-18)29(19-4-3-5-21(33)14-19)43-26(30(37)40)16-27(38)39/h3-11,14-15,23,26,28-29,36H,2,12-13,16-17H2,1H3,(H,38,39)/t23-,26-,28+,29+/m0/s1. The minimum absolute atomic E-state index is 0.122. The first kappa shape index (κ1) is 32.3. The molecule has 1 aliphatic heterocycles. The van der Waals surface area contributed by atoms with Gasteiger partial charge in [-0.3, -0.25) is 9.59 Å². The van der Waals surface area contributed by atoms with Gasteiger partial charge < -0.3 is 14.7 Å². The Bertz CT molecular complexity index is 1670. The number of morpholine rings is 1. The van der Waals surface area contributed by atoms with Crippen molar-refractivity contribution in [3.63, 3.8) is 0 Å². The molecule has 1 heterocycles. The van der Waals surface area contributed by atoms with Crippen molar-refractivity contribution in [1.29, 1.82) is 0 Å². The number of aliphatic carboxylic acids is 1. The zero-order valence-corrected chi connectivity index (χ0v) is 25.9. The Kier molecular flexibility index (Phi) is 9.34. The molecule has 1 amide bonds. The first-order valence-corrected chi connectivity index (χ1v) is 16.3. The molecule has 1 saturated heterocycles. The number of ether oxygens (including phenoxy) is 1. The highest BCUT2D eigenvalue weighted by Crippen LogP contribution is 2.53. The van der Waals surface area contributed by atoms with Gasteiger partial charge in [0.25, 0.3) is 5.91 Å². The lowest BCUT2D eigenvalue weighted by molar-refractivity contribution is -0.183. The number of sulfonamides is 1. The summed E-state index contributed by atoms with van der Waals surface area (Å²) in [4.78, 5) is 27.3. The van der Waals surface area contributed by atoms with E-state index in [0.717, 1.165) is 12.1 Å². The third-order valence-electron chi connectivity index (χ3n) is 8.19. The summed E-state index contributed by atoms with van der Waals surface area (Å²) in [5.41, 5.74) is 1.09. The molecule has 2 aliphatic rings. The van der Waals surface area contributed by atoms with Crippen LogP contribution >= 0.6 is 23.2 Å². The lowest BCUT2D eigenvalue weighted by Crippen LogP contribution is -2.57. The SMILES string of the molecule is CC[C@@H](CNS(=O)(=O)C1(c2ccc(F)cc2F)CC1)N1C(=O)[C@H](CC(=O)O)O[C@H](c2cccc(Cl)c2)[C@H]1c1ccc(Cl)cc1. The summed E-state index contributed by atoms with van der Waals surface area (Å²) in [7, 11) is -4.20. The molecule has 8 nitrogen and oxygen atoms in total. The molecule has 1 saturated carbocycles. The molecule has 0 bridgehead atoms. The lowest BCUT2D eigenvalue weighted by atomic mass is 9.89. The van der Waals surface area contributed by atoms with Gasteiger partial charge in [0.15, 0.2) is 0 Å². The van der Waals surface area contributed by atoms with E-state index in [1.807, 2.05) is 0 Å². The summed E-state index contributed by atoms with van der Waals surface area (Å²) < 4.78 is 62.8. The third kappa shape index (κ3) is 6.34. The molecule has 3 aromatic rings. The van der Waals surface area contributed by atoms with E-state index < -0.39 is 69.0 Å². The summed E-state index contributed by atoms with van der Waals surface area (Å²) in [6.45, 7) is 1.52. The maximum absolute atomic E-state index is 14.7. The predicted molar refractivity (Wildman–Crippen MR) is 161 cm³/mol. The summed E-state index contributed by atoms with van der Waals surface area (Å²) in [6.07, 6.45) is -2.29. The maximum Gasteiger partial charge on any atom is 0.306 e. The molecule has 0 aromatic heterocycles. The number of nitrogens with zero attached hydrogens (tertiary/aromatic N) is 1. The summed E-state index contributed by atoms with van der Waals surface area (Å²) >= 11 is 12.5. The van der Waals surface area contributed by atoms with Crippen molar-refractivity contribution in [3.8, 4) is 0 Å². The second kappa shape index (κ2) is 12.7. The number of amides is 1. The van der Waals surface area contributed by atoms with Crippen molar-refractivity contribution >= 4 is 45.1 Å². The average Bonchev–Trinajstić information content (AvgIpc) is 3.78. The fourth-order valence-corrected chi connectivity index (χ4v) is 7.95. The summed E-state index contributed by atoms with van der Waals surface area (Å²) in [6, 6.07) is 14.8. The monoisotopic (exact) mass is 666 g/mol. The molecular weight excluding hydrogens is 637 g/mol. The largest absolute Gasteiger partial charge is 0.481 e. The van der Waals surface area contributed by atoms with Crippen LogP contribution in [0.4, 0.5) is 8.78 Å². The van der Waals surface area contributed by atoms with Crippen LogP contribution in [-0.4, -0.2) is 49.0 Å². The highest BCUT2D eigenvalue weighted by Gasteiger charge is 2.57. The first-order chi connectivity index (χ1) is 20.9. The summed E-state index contributed by atoms with van der Waals surface area (Å²) in [5, 5.41) is 10.5. The van der Waals surface area contributed by atoms with Crippen molar-refractivity contribution in [2.45, 2.75) is 61.6 Å². The highest BCUT2D eigenvalue weighted by molar-refractivity contribution is 7.90. The molecule has 0 unspecified atom stereocenters. The molecular formula is C31H30Cl2F2N2O6S. The number of carboxylic acid groups (broad SMARTS) is 1. The fourth-order valence-electron chi connectivity index (χ4n) is 5.84. The van der Waals surface area contributed by atoms with E-state index in [-0.39, 0.29) is 31.4 Å². The molecule has 2 N–H and O–H groups in total. The van der Waals surface area contributed by atoms with Gasteiger partial charge in [0.1, 0.15) is 28.6 Å². The number of rotatable bonds is 11. The fraction of sp³-hybridized carbons (Fsp3) is 0.355. The quantitative estimate of drug-likeness (QED) is 0.254. The van der Waals surface area contributed by atoms with E-state index in [9.17, 15) is 31.9 Å². The Morgan fingerprint density at radius 2 is 1.77 bits per heavy atom. The molecule has 4 atom stereocenters. The normalized spacial score (nSPS) is 22.1. The van der Waals surface area contributed by atoms with Crippen LogP contribution in [0.15, 0.2) is 66.7 Å². The molecule has 234 valence electrons. The summed E-state index contributed by atoms with van der Waals surface area (Å²) in [5.74, 6) is -3.64. The highest BCUT2D eigenvalue weighted by atomic mass is 35.5. The van der Waals surface area contributed by atoms with Gasteiger partial charge in [0.2, 0.25) is 10.0 Å². The number of carbonyl (C=O) groups excluding carboxylic acids is 1. The number of hydrogen-bond acceptors (Lipinski definition) is 5. The first-order valence-electron chi connectivity index (χ1n) is 14.0. The second-order valence-electron chi connectivity index (χ2n) is 11.0. The van der Waals surface area contributed by atoms with Crippen LogP contribution in [0.3, 0.4) is 0 Å². The van der Waals surface area contributed by atoms with Crippen LogP contribution < -0.4 is 4.72 Å². The van der Waals surface area contributed by atoms with E-state index in [0.29, 0.717) is 27.2 Å². The van der Waals surface area contributed by atoms with Gasteiger partial charge in [-0.2, -0.15) is 0 Å². The van der Waals surface area contributed by atoms with Crippen molar-refractivity contribution < 1.29 is 36.6 Å². The van der Waals surface area contributed by atoms with Crippen LogP contribution in [-0.2, 0) is 29.1 Å². The Hall–Kier alpha value is -3.09. The lowest BCUT2D eigenvalue weighted by Gasteiger charge is -2.48. The van der Waals surface area contributed by atoms with Gasteiger partial charge in [-0.25, -0.2) is 21.9 Å². The maximum atomic E-state index is 14.7. The average molecular weight is 668 g/mol. The molecule has 44 heavy (non-hydrogen) atoms. The molecule has 2 fully saturated rings. The van der Waals surface area contributed by atoms with E-state index in [2.05, 4.69) is 4.72 Å². The molecule has 3 aromatic carbocycles. The van der Waals surface area contributed by atoms with E-state index in [1.54, 1.807) is 55.5 Å². The van der Waals surface area contributed by atoms with Gasteiger partial charge in [-0.15, -0.1) is 0 Å². The van der Waals surface area contributed by atoms with Crippen LogP contribution in [0.1, 0.15) is 61.4 Å². The van der Waals surface area contributed by atoms with Gasteiger partial charge in [0.05, 0.1) is 12.5 Å². The van der Waals surface area contributed by atoms with Crippen LogP contribution in [0.2, 0.25) is 10.0 Å². The van der Waals surface area contributed by atoms with Gasteiger partial charge >= 0.3 is 5.97 Å². The zero-order valence-electron chi connectivity index (χ0n) is 23.6. The number of halogens is 4. The Balaban J connectivity index is 1.53. The predicted octanol–water partition coefficient (Wildman–Crippen LogP) is 6.14. The number of nitrogens with one attached hydrogen (secondary N) is 1. The van der Waals surface area contributed by atoms with Crippen molar-refractivity contribution in [1.82, 2.24) is 9.62 Å². The van der Waals surface area contributed by atoms with Crippen molar-refractivity contribution in [2.24, 2.45) is 0 Å². The Morgan fingerprint density at radius 3 is 2.36 bits per heavy atom. The molecule has 0 radical (unpaired) electrons. The Labute approximate surface area is 264 Å². The van der Waals surface area contributed by atoms with E-state index in [1.165, 1.54) is 4.90 Å². The topological polar surface area (TPSA) is 113 Å². The van der Waals surface area contributed by atoms with Crippen molar-refractivity contribution in [3.05, 3.63) is 105 Å². The van der Waals surface area contributed by atoms with E-state index >= 15 is 0 Å². The zero-order chi connectivity index (χ0) is 31.8. The second-order valence-corrected chi connectivity index (χ2v) is 13.9. The number of hydrogen-bond donors (Lipinski definition) is 2. The molecule has 5 rings (SSSR count). The van der Waals surface area contributed by atoms with Gasteiger partial charge in [-0.1, -0.05) is 60.5 Å². The smallest absolute Gasteiger partial charge is 0.306 e. The molecule has 1 aliphatic carbocycles. The number of benzene rings is 3. The van der Waals surface area contributed by atoms with Gasteiger partial charge in [-0.05, 0) is 60.7 Å². The Morgan fingerprint density at radius 1 is 1.07 bits per heavy atom. The number of carboxylic acids is 1. The van der Waals surface area contributed by atoms with Crippen LogP contribution in [0, 0.1) is 11.6 Å². The number of carbonyl (C=O) groups is 2. The molecule has 13 heteroatoms. The van der Waals surface area contributed by atoms with Crippen LogP contribution in [0.25, 0.3) is 0 Å². The van der Waals surface area contributed by atoms with Crippen molar-refractivity contribution in [2.75, 3.05) is 6.54 Å². The minimum Gasteiger partial charge on any atom is -0.481 e. The van der Waals surface area contributed by atoms with Gasteiger partial charge in [0, 0.05) is 34.3 Å². The van der Waals surface area contributed by atoms with E-state index in [4.69, 9.17) is 27.9 Å². The third-order valence-corrected chi connectivity index (χ3v) is 10.9. The van der Waals surface area contributed by atoms with Crippen LogP contribution in [0.5, 0.6) is 0 Å². The minimum atomic E-state index is -4.20.